The lowest BCUT2D eigenvalue weighted by atomic mass is 9.93. The molecule has 122 valence electrons. The number of rotatable bonds is 7. The average Bonchev–Trinajstić information content (AvgIpc) is 2.77. The fourth-order valence-corrected chi connectivity index (χ4v) is 3.11. The number of ether oxygens (including phenoxy) is 4. The molecule has 0 N–H and O–H groups in total. The molecule has 6 nitrogen and oxygen atoms in total. The molecule has 2 aliphatic heterocycles. The zero-order valence-corrected chi connectivity index (χ0v) is 13.8. The maximum Gasteiger partial charge on any atom is 0.142 e. The van der Waals surface area contributed by atoms with E-state index in [1.165, 1.54) is 0 Å². The lowest BCUT2D eigenvalue weighted by molar-refractivity contribution is -0.0592. The van der Waals surface area contributed by atoms with E-state index >= 15 is 0 Å². The Kier molecular flexibility index (Phi) is 6.92. The molecule has 1 unspecified atom stereocenters. The Morgan fingerprint density at radius 1 is 1.14 bits per heavy atom. The highest BCUT2D eigenvalue weighted by Crippen LogP contribution is 2.24. The summed E-state index contributed by atoms with van der Waals surface area (Å²) in [7, 11) is 7.61. The quantitative estimate of drug-likeness (QED) is 0.541. The summed E-state index contributed by atoms with van der Waals surface area (Å²) in [6, 6.07) is 0.0441. The molecule has 2 rings (SSSR count). The van der Waals surface area contributed by atoms with Gasteiger partial charge in [0.2, 0.25) is 0 Å². The molecule has 0 aromatic rings. The number of hydrogen-bond donors (Lipinski definition) is 0. The van der Waals surface area contributed by atoms with Crippen LogP contribution < -0.4 is 0 Å². The van der Waals surface area contributed by atoms with E-state index in [1.54, 1.807) is 14.2 Å². The van der Waals surface area contributed by atoms with Crippen molar-refractivity contribution in [3.8, 4) is 0 Å². The van der Waals surface area contributed by atoms with Crippen molar-refractivity contribution in [1.29, 1.82) is 0 Å². The zero-order chi connectivity index (χ0) is 15.2. The molecule has 7 heteroatoms. The fraction of sp³-hybridized carbons (Fsp3) is 1.00. The first-order valence-corrected chi connectivity index (χ1v) is 7.85. The second-order valence-electron chi connectivity index (χ2n) is 6.02. The van der Waals surface area contributed by atoms with Crippen LogP contribution in [0.5, 0.6) is 0 Å². The number of nitrogens with zero attached hydrogens (tertiary/aromatic N) is 2. The van der Waals surface area contributed by atoms with Gasteiger partial charge < -0.3 is 23.8 Å². The normalized spacial score (nSPS) is 35.4. The Morgan fingerprint density at radius 2 is 1.86 bits per heavy atom. The summed E-state index contributed by atoms with van der Waals surface area (Å²) < 4.78 is 22.7. The van der Waals surface area contributed by atoms with E-state index in [0.29, 0.717) is 6.61 Å². The van der Waals surface area contributed by atoms with Crippen molar-refractivity contribution in [2.75, 3.05) is 67.2 Å². The molecule has 0 radical (unpaired) electrons. The fourth-order valence-electron chi connectivity index (χ4n) is 3.11. The summed E-state index contributed by atoms with van der Waals surface area (Å²) in [5.74, 6) is 0. The maximum atomic E-state index is 6.06. The van der Waals surface area contributed by atoms with Gasteiger partial charge in [0.15, 0.2) is 0 Å². The third-order valence-corrected chi connectivity index (χ3v) is 4.46. The highest BCUT2D eigenvalue weighted by atomic mass is 16.6. The van der Waals surface area contributed by atoms with E-state index in [-0.39, 0.29) is 24.3 Å². The molecular formula is C14H29BN2O4. The highest BCUT2D eigenvalue weighted by Gasteiger charge is 2.43. The number of hydrogen-bond acceptors (Lipinski definition) is 6. The standard InChI is InChI=1S/C14H29BN2O4/c1-16-4-6-17(7-5-16)8-9-20-13-12(19-3)11(10-18-2)21-14(13)15/h11-14H,4-10,15H2,1-3H3/t11-,12?,13+,14-/m1/s1. The van der Waals surface area contributed by atoms with Crippen LogP contribution in [0.4, 0.5) is 0 Å². The molecule has 2 aliphatic rings. The smallest absolute Gasteiger partial charge is 0.142 e. The Bertz CT molecular complexity index is 303. The van der Waals surface area contributed by atoms with E-state index in [9.17, 15) is 0 Å². The van der Waals surface area contributed by atoms with Crippen molar-refractivity contribution >= 4 is 7.85 Å². The lowest BCUT2D eigenvalue weighted by Gasteiger charge is -2.32. The molecule has 0 aromatic heterocycles. The van der Waals surface area contributed by atoms with E-state index < -0.39 is 0 Å². The zero-order valence-electron chi connectivity index (χ0n) is 13.8. The Hall–Kier alpha value is -0.175. The van der Waals surface area contributed by atoms with Gasteiger partial charge in [0.25, 0.3) is 0 Å². The molecular weight excluding hydrogens is 271 g/mol. The predicted octanol–water partition coefficient (Wildman–Crippen LogP) is -1.36. The van der Waals surface area contributed by atoms with Crippen molar-refractivity contribution in [3.05, 3.63) is 0 Å². The topological polar surface area (TPSA) is 43.4 Å². The molecule has 2 heterocycles. The molecule has 0 bridgehead atoms. The minimum Gasteiger partial charge on any atom is -0.382 e. The van der Waals surface area contributed by atoms with Crippen LogP contribution in [0, 0.1) is 0 Å². The minimum absolute atomic E-state index is 0.0115. The molecule has 2 fully saturated rings. The Labute approximate surface area is 129 Å². The van der Waals surface area contributed by atoms with Gasteiger partial charge in [-0.1, -0.05) is 0 Å². The minimum atomic E-state index is -0.0487. The van der Waals surface area contributed by atoms with Crippen LogP contribution in [0.3, 0.4) is 0 Å². The highest BCUT2D eigenvalue weighted by molar-refractivity contribution is 6.11. The van der Waals surface area contributed by atoms with Crippen molar-refractivity contribution in [2.45, 2.75) is 24.3 Å². The third kappa shape index (κ3) is 4.64. The summed E-state index contributed by atoms with van der Waals surface area (Å²) in [5, 5.41) is 0. The maximum absolute atomic E-state index is 6.06. The third-order valence-electron chi connectivity index (χ3n) is 4.46. The van der Waals surface area contributed by atoms with Crippen LogP contribution in [-0.2, 0) is 18.9 Å². The van der Waals surface area contributed by atoms with Crippen molar-refractivity contribution in [1.82, 2.24) is 9.80 Å². The van der Waals surface area contributed by atoms with Crippen molar-refractivity contribution < 1.29 is 18.9 Å². The molecule has 21 heavy (non-hydrogen) atoms. The van der Waals surface area contributed by atoms with Crippen molar-refractivity contribution in [3.63, 3.8) is 0 Å². The number of piperazine rings is 1. The van der Waals surface area contributed by atoms with Gasteiger partial charge in [0.05, 0.1) is 19.2 Å². The van der Waals surface area contributed by atoms with Crippen LogP contribution in [0.15, 0.2) is 0 Å². The second kappa shape index (κ2) is 8.46. The first-order chi connectivity index (χ1) is 10.2. The van der Waals surface area contributed by atoms with E-state index in [2.05, 4.69) is 16.8 Å². The summed E-state index contributed by atoms with van der Waals surface area (Å²) >= 11 is 0. The molecule has 0 aliphatic carbocycles. The monoisotopic (exact) mass is 300 g/mol. The number of methoxy groups -OCH3 is 2. The van der Waals surface area contributed by atoms with E-state index in [4.69, 9.17) is 18.9 Å². The first-order valence-electron chi connectivity index (χ1n) is 7.85. The van der Waals surface area contributed by atoms with E-state index in [1.807, 2.05) is 7.85 Å². The summed E-state index contributed by atoms with van der Waals surface area (Å²) in [6.07, 6.45) is -0.0984. The summed E-state index contributed by atoms with van der Waals surface area (Å²) in [6.45, 7) is 6.76. The lowest BCUT2D eigenvalue weighted by Crippen LogP contribution is -2.46. The summed E-state index contributed by atoms with van der Waals surface area (Å²) in [5.41, 5.74) is 0. The largest absolute Gasteiger partial charge is 0.382 e. The van der Waals surface area contributed by atoms with Gasteiger partial charge in [-0.3, -0.25) is 4.90 Å². The van der Waals surface area contributed by atoms with E-state index in [0.717, 1.165) is 39.3 Å². The Balaban J connectivity index is 1.73. The van der Waals surface area contributed by atoms with Gasteiger partial charge in [0, 0.05) is 46.9 Å². The van der Waals surface area contributed by atoms with Gasteiger partial charge in [0.1, 0.15) is 26.2 Å². The molecule has 0 amide bonds. The van der Waals surface area contributed by atoms with Gasteiger partial charge in [-0.25, -0.2) is 0 Å². The van der Waals surface area contributed by atoms with Gasteiger partial charge in [-0.15, -0.1) is 0 Å². The van der Waals surface area contributed by atoms with Gasteiger partial charge in [-0.05, 0) is 7.05 Å². The van der Waals surface area contributed by atoms with Crippen LogP contribution in [0.25, 0.3) is 0 Å². The summed E-state index contributed by atoms with van der Waals surface area (Å²) in [4.78, 5) is 4.81. The van der Waals surface area contributed by atoms with Gasteiger partial charge >= 0.3 is 0 Å². The van der Waals surface area contributed by atoms with Crippen LogP contribution in [0.2, 0.25) is 0 Å². The average molecular weight is 300 g/mol. The van der Waals surface area contributed by atoms with Crippen LogP contribution in [-0.4, -0.2) is 109 Å². The predicted molar refractivity (Wildman–Crippen MR) is 83.6 cm³/mol. The SMILES string of the molecule is B[C@@H]1O[C@H](COC)C(OC)[C@@H]1OCCN1CCN(C)CC1. The molecule has 4 atom stereocenters. The molecule has 2 saturated heterocycles. The van der Waals surface area contributed by atoms with Crippen LogP contribution >= 0.6 is 0 Å². The molecule has 0 spiro atoms. The second-order valence-corrected chi connectivity index (χ2v) is 6.02. The van der Waals surface area contributed by atoms with Gasteiger partial charge in [-0.2, -0.15) is 0 Å². The molecule has 0 saturated carbocycles. The van der Waals surface area contributed by atoms with Crippen molar-refractivity contribution in [2.24, 2.45) is 0 Å². The van der Waals surface area contributed by atoms with Crippen LogP contribution in [0.1, 0.15) is 0 Å². The number of likely N-dealkylation sites (N-methyl/N-ethyl adjacent to an activating group) is 1. The molecule has 0 aromatic carbocycles. The Morgan fingerprint density at radius 3 is 2.48 bits per heavy atom. The first kappa shape index (κ1) is 17.2.